The Kier molecular flexibility index (Phi) is 2.90. The van der Waals surface area contributed by atoms with Gasteiger partial charge in [0.15, 0.2) is 5.76 Å². The van der Waals surface area contributed by atoms with E-state index in [0.29, 0.717) is 17.1 Å². The Labute approximate surface area is 82.8 Å². The lowest BCUT2D eigenvalue weighted by atomic mass is 10.2. The first kappa shape index (κ1) is 10.7. The number of anilines is 1. The third-order valence-corrected chi connectivity index (χ3v) is 2.05. The highest BCUT2D eigenvalue weighted by Gasteiger charge is 2.21. The minimum atomic E-state index is -0.520. The Balaban J connectivity index is 3.00. The number of amides is 1. The molecule has 1 atom stereocenters. The van der Waals surface area contributed by atoms with Gasteiger partial charge >= 0.3 is 0 Å². The number of nitrogens with two attached hydrogens (primary N) is 1. The minimum absolute atomic E-state index is 0.153. The number of hydrogen-bond acceptors (Lipinski definition) is 4. The monoisotopic (exact) mass is 197 g/mol. The van der Waals surface area contributed by atoms with E-state index in [9.17, 15) is 4.79 Å². The van der Waals surface area contributed by atoms with Crippen LogP contribution >= 0.6 is 0 Å². The molecule has 2 N–H and O–H groups in total. The SMILES string of the molecule is Cc1noc(C)c1N(C)C(=O)[C@@H](C)N. The Morgan fingerprint density at radius 1 is 1.57 bits per heavy atom. The normalized spacial score (nSPS) is 12.6. The van der Waals surface area contributed by atoms with Crippen LogP contribution in [0, 0.1) is 13.8 Å². The smallest absolute Gasteiger partial charge is 0.243 e. The molecule has 0 unspecified atom stereocenters. The van der Waals surface area contributed by atoms with E-state index in [1.165, 1.54) is 4.90 Å². The average molecular weight is 197 g/mol. The predicted octanol–water partition coefficient (Wildman–Crippen LogP) is 0.601. The van der Waals surface area contributed by atoms with Crippen molar-refractivity contribution < 1.29 is 9.32 Å². The van der Waals surface area contributed by atoms with Crippen molar-refractivity contribution in [2.24, 2.45) is 5.73 Å². The Bertz CT molecular complexity index is 324. The lowest BCUT2D eigenvalue weighted by Gasteiger charge is -2.18. The molecule has 1 rings (SSSR count). The summed E-state index contributed by atoms with van der Waals surface area (Å²) in [6, 6.07) is -0.520. The van der Waals surface area contributed by atoms with Crippen LogP contribution in [0.2, 0.25) is 0 Å². The molecule has 0 bridgehead atoms. The molecule has 0 fully saturated rings. The van der Waals surface area contributed by atoms with Gasteiger partial charge in [-0.25, -0.2) is 0 Å². The van der Waals surface area contributed by atoms with E-state index in [1.807, 2.05) is 0 Å². The number of aryl methyl sites for hydroxylation is 2. The second-order valence-electron chi connectivity index (χ2n) is 3.36. The number of rotatable bonds is 2. The van der Waals surface area contributed by atoms with E-state index in [4.69, 9.17) is 10.3 Å². The summed E-state index contributed by atoms with van der Waals surface area (Å²) in [5.74, 6) is 0.471. The zero-order valence-electron chi connectivity index (χ0n) is 8.87. The lowest BCUT2D eigenvalue weighted by Crippen LogP contribution is -2.40. The molecule has 14 heavy (non-hydrogen) atoms. The van der Waals surface area contributed by atoms with E-state index < -0.39 is 6.04 Å². The van der Waals surface area contributed by atoms with Gasteiger partial charge in [0.05, 0.1) is 6.04 Å². The van der Waals surface area contributed by atoms with Crippen LogP contribution in [0.4, 0.5) is 5.69 Å². The topological polar surface area (TPSA) is 72.4 Å². The molecule has 0 saturated carbocycles. The number of carbonyl (C=O) groups is 1. The first-order chi connectivity index (χ1) is 6.45. The molecular formula is C9H15N3O2. The van der Waals surface area contributed by atoms with Crippen molar-refractivity contribution in [2.75, 3.05) is 11.9 Å². The van der Waals surface area contributed by atoms with E-state index >= 15 is 0 Å². The summed E-state index contributed by atoms with van der Waals surface area (Å²) < 4.78 is 4.96. The highest BCUT2D eigenvalue weighted by Crippen LogP contribution is 2.22. The number of likely N-dealkylation sites (N-methyl/N-ethyl adjacent to an activating group) is 1. The summed E-state index contributed by atoms with van der Waals surface area (Å²) >= 11 is 0. The fourth-order valence-electron chi connectivity index (χ4n) is 1.37. The average Bonchev–Trinajstić information content (AvgIpc) is 2.44. The molecule has 5 heteroatoms. The fraction of sp³-hybridized carbons (Fsp3) is 0.556. The van der Waals surface area contributed by atoms with Crippen LogP contribution in [0.1, 0.15) is 18.4 Å². The van der Waals surface area contributed by atoms with Gasteiger partial charge in [0, 0.05) is 7.05 Å². The van der Waals surface area contributed by atoms with Crippen LogP contribution in [0.25, 0.3) is 0 Å². The van der Waals surface area contributed by atoms with Crippen LogP contribution in [0.5, 0.6) is 0 Å². The summed E-state index contributed by atoms with van der Waals surface area (Å²) in [5, 5.41) is 3.77. The van der Waals surface area contributed by atoms with Gasteiger partial charge in [0.25, 0.3) is 0 Å². The van der Waals surface area contributed by atoms with E-state index in [2.05, 4.69) is 5.16 Å². The van der Waals surface area contributed by atoms with Crippen LogP contribution in [-0.2, 0) is 4.79 Å². The van der Waals surface area contributed by atoms with Crippen molar-refractivity contribution in [3.05, 3.63) is 11.5 Å². The zero-order chi connectivity index (χ0) is 10.9. The zero-order valence-corrected chi connectivity index (χ0v) is 8.87. The van der Waals surface area contributed by atoms with Gasteiger partial charge in [-0.1, -0.05) is 5.16 Å². The molecule has 1 aromatic heterocycles. The van der Waals surface area contributed by atoms with E-state index in [1.54, 1.807) is 27.8 Å². The summed E-state index contributed by atoms with van der Waals surface area (Å²) in [7, 11) is 1.66. The molecular weight excluding hydrogens is 182 g/mol. The first-order valence-corrected chi connectivity index (χ1v) is 4.41. The molecule has 1 heterocycles. The lowest BCUT2D eigenvalue weighted by molar-refractivity contribution is -0.119. The van der Waals surface area contributed by atoms with Gasteiger partial charge in [-0.3, -0.25) is 4.79 Å². The summed E-state index contributed by atoms with van der Waals surface area (Å²) in [6.45, 7) is 5.20. The van der Waals surface area contributed by atoms with Crippen LogP contribution in [-0.4, -0.2) is 24.2 Å². The second kappa shape index (κ2) is 3.79. The summed E-state index contributed by atoms with van der Waals surface area (Å²) in [4.78, 5) is 13.1. The molecule has 0 aromatic carbocycles. The Hall–Kier alpha value is -1.36. The standard InChI is InChI=1S/C9H15N3O2/c1-5(10)9(13)12(4)8-6(2)11-14-7(8)3/h5H,10H2,1-4H3/t5-/m1/s1. The van der Waals surface area contributed by atoms with Crippen LogP contribution < -0.4 is 10.6 Å². The van der Waals surface area contributed by atoms with Crippen molar-refractivity contribution >= 4 is 11.6 Å². The minimum Gasteiger partial charge on any atom is -0.359 e. The first-order valence-electron chi connectivity index (χ1n) is 4.41. The second-order valence-corrected chi connectivity index (χ2v) is 3.36. The van der Waals surface area contributed by atoms with Crippen molar-refractivity contribution in [1.82, 2.24) is 5.16 Å². The van der Waals surface area contributed by atoms with Crippen molar-refractivity contribution in [3.8, 4) is 0 Å². The fourth-order valence-corrected chi connectivity index (χ4v) is 1.37. The third kappa shape index (κ3) is 1.77. The van der Waals surface area contributed by atoms with E-state index in [0.717, 1.165) is 0 Å². The van der Waals surface area contributed by atoms with E-state index in [-0.39, 0.29) is 5.91 Å². The molecule has 5 nitrogen and oxygen atoms in total. The maximum atomic E-state index is 11.6. The highest BCUT2D eigenvalue weighted by molar-refractivity contribution is 5.97. The molecule has 0 radical (unpaired) electrons. The molecule has 1 aromatic rings. The van der Waals surface area contributed by atoms with Crippen LogP contribution in [0.15, 0.2) is 4.52 Å². The molecule has 0 aliphatic rings. The Morgan fingerprint density at radius 2 is 2.14 bits per heavy atom. The van der Waals surface area contributed by atoms with Gasteiger partial charge in [0.2, 0.25) is 5.91 Å². The number of hydrogen-bond donors (Lipinski definition) is 1. The van der Waals surface area contributed by atoms with Crippen molar-refractivity contribution in [1.29, 1.82) is 0 Å². The molecule has 0 aliphatic heterocycles. The predicted molar refractivity (Wildman–Crippen MR) is 53.0 cm³/mol. The van der Waals surface area contributed by atoms with Crippen molar-refractivity contribution in [2.45, 2.75) is 26.8 Å². The summed E-state index contributed by atoms with van der Waals surface area (Å²) in [6.07, 6.45) is 0. The molecule has 78 valence electrons. The number of nitrogens with zero attached hydrogens (tertiary/aromatic N) is 2. The molecule has 1 amide bonds. The van der Waals surface area contributed by atoms with Gasteiger partial charge in [-0.2, -0.15) is 0 Å². The van der Waals surface area contributed by atoms with Gasteiger partial charge in [-0.15, -0.1) is 0 Å². The third-order valence-electron chi connectivity index (χ3n) is 2.05. The quantitative estimate of drug-likeness (QED) is 0.753. The molecule has 0 aliphatic carbocycles. The molecule has 0 spiro atoms. The largest absolute Gasteiger partial charge is 0.359 e. The molecule has 0 saturated heterocycles. The van der Waals surface area contributed by atoms with Crippen LogP contribution in [0.3, 0.4) is 0 Å². The Morgan fingerprint density at radius 3 is 2.50 bits per heavy atom. The maximum Gasteiger partial charge on any atom is 0.243 e. The van der Waals surface area contributed by atoms with Gasteiger partial charge < -0.3 is 15.2 Å². The number of aromatic nitrogens is 1. The van der Waals surface area contributed by atoms with Crippen molar-refractivity contribution in [3.63, 3.8) is 0 Å². The van der Waals surface area contributed by atoms with Gasteiger partial charge in [-0.05, 0) is 20.8 Å². The highest BCUT2D eigenvalue weighted by atomic mass is 16.5. The summed E-state index contributed by atoms with van der Waals surface area (Å²) in [5.41, 5.74) is 6.90. The number of carbonyl (C=O) groups excluding carboxylic acids is 1. The van der Waals surface area contributed by atoms with Gasteiger partial charge in [0.1, 0.15) is 11.4 Å². The maximum absolute atomic E-state index is 11.6.